The molecule has 0 fully saturated rings. The zero-order valence-electron chi connectivity index (χ0n) is 8.67. The van der Waals surface area contributed by atoms with Crippen LogP contribution in [0.15, 0.2) is 30.9 Å². The standard InChI is InChI=1S/C12H17N/c1-5-8-13(4)12-7-6-10(2)9-11(12)3/h5-7,9H,1,8H2,2-4H3. The van der Waals surface area contributed by atoms with Gasteiger partial charge in [0.15, 0.2) is 0 Å². The van der Waals surface area contributed by atoms with Gasteiger partial charge in [-0.25, -0.2) is 0 Å². The SMILES string of the molecule is C=CCN(C)c1ccc(C)cc1C. The van der Waals surface area contributed by atoms with Crippen molar-refractivity contribution in [3.8, 4) is 0 Å². The molecule has 0 spiro atoms. The Morgan fingerprint density at radius 1 is 1.38 bits per heavy atom. The summed E-state index contributed by atoms with van der Waals surface area (Å²) in [7, 11) is 2.08. The molecular weight excluding hydrogens is 158 g/mol. The fourth-order valence-electron chi connectivity index (χ4n) is 1.53. The Bertz CT molecular complexity index is 302. The fraction of sp³-hybridized carbons (Fsp3) is 0.333. The van der Waals surface area contributed by atoms with Crippen LogP contribution in [-0.4, -0.2) is 13.6 Å². The van der Waals surface area contributed by atoms with Crippen molar-refractivity contribution in [2.24, 2.45) is 0 Å². The van der Waals surface area contributed by atoms with Crippen LogP contribution in [0.4, 0.5) is 5.69 Å². The molecule has 0 atom stereocenters. The van der Waals surface area contributed by atoms with Gasteiger partial charge in [-0.05, 0) is 25.5 Å². The number of hydrogen-bond donors (Lipinski definition) is 0. The Morgan fingerprint density at radius 3 is 2.62 bits per heavy atom. The van der Waals surface area contributed by atoms with E-state index in [4.69, 9.17) is 0 Å². The minimum atomic E-state index is 0.893. The van der Waals surface area contributed by atoms with Gasteiger partial charge in [0, 0.05) is 19.3 Å². The lowest BCUT2D eigenvalue weighted by molar-refractivity contribution is 1.02. The van der Waals surface area contributed by atoms with E-state index in [-0.39, 0.29) is 0 Å². The lowest BCUT2D eigenvalue weighted by Gasteiger charge is -2.19. The van der Waals surface area contributed by atoms with Crippen LogP contribution in [0.1, 0.15) is 11.1 Å². The third kappa shape index (κ3) is 2.35. The molecule has 0 saturated carbocycles. The van der Waals surface area contributed by atoms with E-state index in [1.54, 1.807) is 0 Å². The Morgan fingerprint density at radius 2 is 2.08 bits per heavy atom. The number of aryl methyl sites for hydroxylation is 2. The van der Waals surface area contributed by atoms with Crippen LogP contribution in [0, 0.1) is 13.8 Å². The summed E-state index contributed by atoms with van der Waals surface area (Å²) in [5, 5.41) is 0. The molecule has 1 aromatic carbocycles. The Balaban J connectivity index is 2.94. The monoisotopic (exact) mass is 175 g/mol. The summed E-state index contributed by atoms with van der Waals surface area (Å²) in [4.78, 5) is 2.20. The van der Waals surface area contributed by atoms with Gasteiger partial charge in [-0.1, -0.05) is 23.8 Å². The van der Waals surface area contributed by atoms with Gasteiger partial charge in [-0.2, -0.15) is 0 Å². The number of hydrogen-bond acceptors (Lipinski definition) is 1. The van der Waals surface area contributed by atoms with Gasteiger partial charge in [-0.15, -0.1) is 6.58 Å². The summed E-state index contributed by atoms with van der Waals surface area (Å²) in [5.74, 6) is 0. The molecule has 0 radical (unpaired) electrons. The second-order valence-electron chi connectivity index (χ2n) is 3.46. The van der Waals surface area contributed by atoms with E-state index in [0.717, 1.165) is 6.54 Å². The van der Waals surface area contributed by atoms with Crippen LogP contribution in [0.5, 0.6) is 0 Å². The predicted molar refractivity (Wildman–Crippen MR) is 59.4 cm³/mol. The summed E-state index contributed by atoms with van der Waals surface area (Å²) < 4.78 is 0. The Hall–Kier alpha value is -1.24. The Kier molecular flexibility index (Phi) is 3.13. The average molecular weight is 175 g/mol. The maximum Gasteiger partial charge on any atom is 0.0396 e. The van der Waals surface area contributed by atoms with E-state index >= 15 is 0 Å². The number of likely N-dealkylation sites (N-methyl/N-ethyl adjacent to an activating group) is 1. The van der Waals surface area contributed by atoms with E-state index in [2.05, 4.69) is 50.6 Å². The van der Waals surface area contributed by atoms with Crippen LogP contribution in [0.25, 0.3) is 0 Å². The van der Waals surface area contributed by atoms with Gasteiger partial charge in [0.2, 0.25) is 0 Å². The van der Waals surface area contributed by atoms with Crippen molar-refractivity contribution in [2.75, 3.05) is 18.5 Å². The average Bonchev–Trinajstić information content (AvgIpc) is 2.04. The molecule has 0 heterocycles. The lowest BCUT2D eigenvalue weighted by atomic mass is 10.1. The zero-order valence-corrected chi connectivity index (χ0v) is 8.67. The third-order valence-corrected chi connectivity index (χ3v) is 2.17. The van der Waals surface area contributed by atoms with Crippen LogP contribution < -0.4 is 4.90 Å². The molecule has 0 saturated heterocycles. The number of anilines is 1. The highest BCUT2D eigenvalue weighted by atomic mass is 15.1. The molecule has 0 aliphatic carbocycles. The molecule has 0 amide bonds. The minimum Gasteiger partial charge on any atom is -0.371 e. The molecule has 0 aliphatic heterocycles. The molecule has 1 heteroatoms. The van der Waals surface area contributed by atoms with E-state index in [9.17, 15) is 0 Å². The topological polar surface area (TPSA) is 3.24 Å². The van der Waals surface area contributed by atoms with Gasteiger partial charge < -0.3 is 4.90 Å². The normalized spacial score (nSPS) is 9.77. The summed E-state index contributed by atoms with van der Waals surface area (Å²) in [6.45, 7) is 8.88. The van der Waals surface area contributed by atoms with Gasteiger partial charge in [0.05, 0.1) is 0 Å². The molecule has 70 valence electrons. The maximum atomic E-state index is 3.73. The van der Waals surface area contributed by atoms with Gasteiger partial charge in [-0.3, -0.25) is 0 Å². The third-order valence-electron chi connectivity index (χ3n) is 2.17. The molecule has 0 unspecified atom stereocenters. The first-order valence-electron chi connectivity index (χ1n) is 4.54. The van der Waals surface area contributed by atoms with E-state index < -0.39 is 0 Å². The van der Waals surface area contributed by atoms with Crippen molar-refractivity contribution in [3.05, 3.63) is 42.0 Å². The molecule has 1 aromatic rings. The molecule has 0 N–H and O–H groups in total. The van der Waals surface area contributed by atoms with Gasteiger partial charge >= 0.3 is 0 Å². The number of nitrogens with zero attached hydrogens (tertiary/aromatic N) is 1. The fourth-order valence-corrected chi connectivity index (χ4v) is 1.53. The molecule has 1 nitrogen and oxygen atoms in total. The predicted octanol–water partition coefficient (Wildman–Crippen LogP) is 2.93. The quantitative estimate of drug-likeness (QED) is 0.638. The van der Waals surface area contributed by atoms with E-state index in [1.165, 1.54) is 16.8 Å². The first-order valence-corrected chi connectivity index (χ1v) is 4.54. The molecule has 1 rings (SSSR count). The van der Waals surface area contributed by atoms with Crippen molar-refractivity contribution in [2.45, 2.75) is 13.8 Å². The maximum absolute atomic E-state index is 3.73. The van der Waals surface area contributed by atoms with Crippen LogP contribution in [0.3, 0.4) is 0 Å². The Labute approximate surface area is 80.7 Å². The zero-order chi connectivity index (χ0) is 9.84. The number of benzene rings is 1. The highest BCUT2D eigenvalue weighted by Gasteiger charge is 2.01. The molecular formula is C12H17N. The summed E-state index contributed by atoms with van der Waals surface area (Å²) in [6, 6.07) is 6.50. The smallest absolute Gasteiger partial charge is 0.0396 e. The van der Waals surface area contributed by atoms with Gasteiger partial charge in [0.25, 0.3) is 0 Å². The largest absolute Gasteiger partial charge is 0.371 e. The second-order valence-corrected chi connectivity index (χ2v) is 3.46. The minimum absolute atomic E-state index is 0.893. The summed E-state index contributed by atoms with van der Waals surface area (Å²) >= 11 is 0. The van der Waals surface area contributed by atoms with E-state index in [0.29, 0.717) is 0 Å². The van der Waals surface area contributed by atoms with Crippen molar-refractivity contribution in [3.63, 3.8) is 0 Å². The molecule has 13 heavy (non-hydrogen) atoms. The number of rotatable bonds is 3. The lowest BCUT2D eigenvalue weighted by Crippen LogP contribution is -2.17. The second kappa shape index (κ2) is 4.13. The first-order chi connectivity index (χ1) is 6.15. The molecule has 0 aromatic heterocycles. The summed E-state index contributed by atoms with van der Waals surface area (Å²) in [6.07, 6.45) is 1.92. The highest BCUT2D eigenvalue weighted by molar-refractivity contribution is 5.54. The highest BCUT2D eigenvalue weighted by Crippen LogP contribution is 2.19. The molecule has 0 aliphatic rings. The first kappa shape index (κ1) is 9.85. The summed E-state index contributed by atoms with van der Waals surface area (Å²) in [5.41, 5.74) is 3.92. The van der Waals surface area contributed by atoms with Crippen molar-refractivity contribution >= 4 is 5.69 Å². The van der Waals surface area contributed by atoms with Crippen molar-refractivity contribution in [1.29, 1.82) is 0 Å². The molecule has 0 bridgehead atoms. The van der Waals surface area contributed by atoms with Crippen molar-refractivity contribution < 1.29 is 0 Å². The van der Waals surface area contributed by atoms with Crippen LogP contribution in [0.2, 0.25) is 0 Å². The van der Waals surface area contributed by atoms with Crippen LogP contribution in [-0.2, 0) is 0 Å². The van der Waals surface area contributed by atoms with Crippen LogP contribution >= 0.6 is 0 Å². The van der Waals surface area contributed by atoms with Crippen molar-refractivity contribution in [1.82, 2.24) is 0 Å². The van der Waals surface area contributed by atoms with E-state index in [1.807, 2.05) is 6.08 Å². The van der Waals surface area contributed by atoms with Gasteiger partial charge in [0.1, 0.15) is 0 Å².